The molecule has 1 unspecified atom stereocenters. The van der Waals surface area contributed by atoms with Crippen molar-refractivity contribution in [2.45, 2.75) is 84.6 Å². The topological polar surface area (TPSA) is 12.0 Å². The Bertz CT molecular complexity index is 359. The summed E-state index contributed by atoms with van der Waals surface area (Å²) < 4.78 is 0. The number of rotatable bonds is 12. The first-order valence-corrected chi connectivity index (χ1v) is 9.05. The van der Waals surface area contributed by atoms with Crippen molar-refractivity contribution in [3.63, 3.8) is 0 Å². The number of benzene rings is 1. The van der Waals surface area contributed by atoms with Gasteiger partial charge in [0.05, 0.1) is 0 Å². The third-order valence-electron chi connectivity index (χ3n) is 4.36. The first-order chi connectivity index (χ1) is 10.3. The summed E-state index contributed by atoms with van der Waals surface area (Å²) in [4.78, 5) is 0. The summed E-state index contributed by atoms with van der Waals surface area (Å²) in [5.41, 5.74) is 2.96. The van der Waals surface area contributed by atoms with Gasteiger partial charge >= 0.3 is 0 Å². The smallest absolute Gasteiger partial charge is 0.00702 e. The molecule has 1 nitrogen and oxygen atoms in total. The Morgan fingerprint density at radius 2 is 1.67 bits per heavy atom. The summed E-state index contributed by atoms with van der Waals surface area (Å²) in [5.74, 6) is 0. The van der Waals surface area contributed by atoms with Gasteiger partial charge in [0, 0.05) is 6.04 Å². The largest absolute Gasteiger partial charge is 0.314 e. The van der Waals surface area contributed by atoms with Crippen molar-refractivity contribution in [2.75, 3.05) is 6.54 Å². The summed E-state index contributed by atoms with van der Waals surface area (Å²) in [7, 11) is 0. The van der Waals surface area contributed by atoms with Crippen molar-refractivity contribution in [1.82, 2.24) is 5.32 Å². The summed E-state index contributed by atoms with van der Waals surface area (Å²) >= 11 is 0. The maximum atomic E-state index is 3.75. The molecule has 120 valence electrons. The average molecular weight is 290 g/mol. The standard InChI is InChI=1S/C20H35N/c1-4-6-7-8-9-14-20(21-17-5-2)16-15-19-13-11-10-12-18(19)3/h10-13,20-21H,4-9,14-17H2,1-3H3. The fourth-order valence-corrected chi connectivity index (χ4v) is 2.91. The van der Waals surface area contributed by atoms with Gasteiger partial charge in [-0.15, -0.1) is 0 Å². The predicted molar refractivity (Wildman–Crippen MR) is 95.0 cm³/mol. The molecule has 1 heteroatoms. The highest BCUT2D eigenvalue weighted by Crippen LogP contribution is 2.14. The molecular formula is C20H35N. The molecule has 1 aromatic carbocycles. The van der Waals surface area contributed by atoms with Crippen LogP contribution in [0.25, 0.3) is 0 Å². The van der Waals surface area contributed by atoms with E-state index in [1.807, 2.05) is 0 Å². The third-order valence-corrected chi connectivity index (χ3v) is 4.36. The van der Waals surface area contributed by atoms with E-state index in [2.05, 4.69) is 50.4 Å². The van der Waals surface area contributed by atoms with Crippen LogP contribution in [-0.2, 0) is 6.42 Å². The van der Waals surface area contributed by atoms with Crippen LogP contribution in [0.5, 0.6) is 0 Å². The summed E-state index contributed by atoms with van der Waals surface area (Å²) in [6.45, 7) is 7.93. The van der Waals surface area contributed by atoms with Gasteiger partial charge in [0.15, 0.2) is 0 Å². The SMILES string of the molecule is CCCCCCCC(CCc1ccccc1C)NCCC. The summed E-state index contributed by atoms with van der Waals surface area (Å²) in [6.07, 6.45) is 12.0. The molecule has 0 radical (unpaired) electrons. The van der Waals surface area contributed by atoms with Crippen LogP contribution < -0.4 is 5.32 Å². The van der Waals surface area contributed by atoms with Gasteiger partial charge in [-0.2, -0.15) is 0 Å². The molecule has 0 aliphatic carbocycles. The first kappa shape index (κ1) is 18.2. The van der Waals surface area contributed by atoms with Crippen LogP contribution in [0, 0.1) is 6.92 Å². The van der Waals surface area contributed by atoms with Gasteiger partial charge < -0.3 is 5.32 Å². The van der Waals surface area contributed by atoms with Crippen LogP contribution >= 0.6 is 0 Å². The lowest BCUT2D eigenvalue weighted by Gasteiger charge is -2.19. The van der Waals surface area contributed by atoms with E-state index in [0.29, 0.717) is 6.04 Å². The van der Waals surface area contributed by atoms with Crippen molar-refractivity contribution < 1.29 is 0 Å². The van der Waals surface area contributed by atoms with Gasteiger partial charge in [-0.25, -0.2) is 0 Å². The Kier molecular flexibility index (Phi) is 10.2. The highest BCUT2D eigenvalue weighted by molar-refractivity contribution is 5.25. The van der Waals surface area contributed by atoms with Crippen LogP contribution in [0.2, 0.25) is 0 Å². The molecule has 21 heavy (non-hydrogen) atoms. The van der Waals surface area contributed by atoms with E-state index in [0.717, 1.165) is 6.54 Å². The van der Waals surface area contributed by atoms with Crippen LogP contribution in [0.15, 0.2) is 24.3 Å². The molecule has 1 rings (SSSR count). The molecular weight excluding hydrogens is 254 g/mol. The minimum Gasteiger partial charge on any atom is -0.314 e. The Labute approximate surface area is 132 Å². The fourth-order valence-electron chi connectivity index (χ4n) is 2.91. The highest BCUT2D eigenvalue weighted by Gasteiger charge is 2.08. The zero-order valence-electron chi connectivity index (χ0n) is 14.5. The van der Waals surface area contributed by atoms with E-state index in [1.165, 1.54) is 68.9 Å². The molecule has 0 spiro atoms. The van der Waals surface area contributed by atoms with Crippen LogP contribution in [0.4, 0.5) is 0 Å². The van der Waals surface area contributed by atoms with Crippen LogP contribution in [-0.4, -0.2) is 12.6 Å². The highest BCUT2D eigenvalue weighted by atomic mass is 14.9. The Balaban J connectivity index is 2.33. The zero-order valence-corrected chi connectivity index (χ0v) is 14.5. The summed E-state index contributed by atoms with van der Waals surface area (Å²) in [6, 6.07) is 9.52. The van der Waals surface area contributed by atoms with E-state index in [4.69, 9.17) is 0 Å². The lowest BCUT2D eigenvalue weighted by atomic mass is 9.97. The maximum absolute atomic E-state index is 3.75. The molecule has 0 aliphatic heterocycles. The second-order valence-corrected chi connectivity index (χ2v) is 6.32. The molecule has 0 aromatic heterocycles. The normalized spacial score (nSPS) is 12.5. The lowest BCUT2D eigenvalue weighted by Crippen LogP contribution is -2.30. The Morgan fingerprint density at radius 1 is 0.905 bits per heavy atom. The number of nitrogens with one attached hydrogen (secondary N) is 1. The molecule has 0 bridgehead atoms. The molecule has 1 atom stereocenters. The molecule has 0 heterocycles. The molecule has 0 aliphatic rings. The molecule has 0 amide bonds. The van der Waals surface area contributed by atoms with Crippen molar-refractivity contribution in [1.29, 1.82) is 0 Å². The van der Waals surface area contributed by atoms with Crippen molar-refractivity contribution in [2.24, 2.45) is 0 Å². The van der Waals surface area contributed by atoms with E-state index in [9.17, 15) is 0 Å². The van der Waals surface area contributed by atoms with Gasteiger partial charge in [-0.05, 0) is 50.3 Å². The van der Waals surface area contributed by atoms with E-state index in [-0.39, 0.29) is 0 Å². The zero-order chi connectivity index (χ0) is 15.3. The number of hydrogen-bond acceptors (Lipinski definition) is 1. The predicted octanol–water partition coefficient (Wildman–Crippen LogP) is 5.66. The minimum absolute atomic E-state index is 0.700. The van der Waals surface area contributed by atoms with Gasteiger partial charge in [0.2, 0.25) is 0 Å². The quantitative estimate of drug-likeness (QED) is 0.490. The Morgan fingerprint density at radius 3 is 2.38 bits per heavy atom. The van der Waals surface area contributed by atoms with Gasteiger partial charge in [0.25, 0.3) is 0 Å². The molecule has 0 fully saturated rings. The Hall–Kier alpha value is -0.820. The molecule has 0 saturated heterocycles. The second kappa shape index (κ2) is 11.8. The number of unbranched alkanes of at least 4 members (excludes halogenated alkanes) is 4. The van der Waals surface area contributed by atoms with E-state index >= 15 is 0 Å². The van der Waals surface area contributed by atoms with Gasteiger partial charge in [-0.1, -0.05) is 70.2 Å². The third kappa shape index (κ3) is 8.26. The first-order valence-electron chi connectivity index (χ1n) is 9.05. The van der Waals surface area contributed by atoms with Crippen LogP contribution in [0.1, 0.15) is 76.3 Å². The lowest BCUT2D eigenvalue weighted by molar-refractivity contribution is 0.431. The second-order valence-electron chi connectivity index (χ2n) is 6.32. The molecule has 1 N–H and O–H groups in total. The number of aryl methyl sites for hydroxylation is 2. The van der Waals surface area contributed by atoms with E-state index in [1.54, 1.807) is 0 Å². The van der Waals surface area contributed by atoms with Crippen LogP contribution in [0.3, 0.4) is 0 Å². The maximum Gasteiger partial charge on any atom is 0.00702 e. The van der Waals surface area contributed by atoms with Crippen molar-refractivity contribution in [3.05, 3.63) is 35.4 Å². The fraction of sp³-hybridized carbons (Fsp3) is 0.700. The van der Waals surface area contributed by atoms with Gasteiger partial charge in [-0.3, -0.25) is 0 Å². The van der Waals surface area contributed by atoms with Crippen molar-refractivity contribution >= 4 is 0 Å². The minimum atomic E-state index is 0.700. The molecule has 0 saturated carbocycles. The van der Waals surface area contributed by atoms with E-state index < -0.39 is 0 Å². The molecule has 1 aromatic rings. The summed E-state index contributed by atoms with van der Waals surface area (Å²) in [5, 5.41) is 3.75. The van der Waals surface area contributed by atoms with Crippen molar-refractivity contribution in [3.8, 4) is 0 Å². The monoisotopic (exact) mass is 289 g/mol. The number of hydrogen-bond donors (Lipinski definition) is 1. The van der Waals surface area contributed by atoms with Gasteiger partial charge in [0.1, 0.15) is 0 Å². The average Bonchev–Trinajstić information content (AvgIpc) is 2.50.